The molecular formula is C16H14BrF2NO. The summed E-state index contributed by atoms with van der Waals surface area (Å²) in [4.78, 5) is 0. The second-order valence-electron chi connectivity index (χ2n) is 4.99. The third kappa shape index (κ3) is 3.24. The van der Waals surface area contributed by atoms with Crippen molar-refractivity contribution in [3.05, 3.63) is 63.1 Å². The molecule has 110 valence electrons. The summed E-state index contributed by atoms with van der Waals surface area (Å²) >= 11 is 3.49. The molecule has 3 rings (SSSR count). The van der Waals surface area contributed by atoms with Crippen LogP contribution in [0, 0.1) is 11.6 Å². The van der Waals surface area contributed by atoms with Crippen molar-refractivity contribution in [1.29, 1.82) is 0 Å². The van der Waals surface area contributed by atoms with E-state index in [1.807, 2.05) is 6.07 Å². The minimum absolute atomic E-state index is 0.341. The van der Waals surface area contributed by atoms with Crippen LogP contribution in [0.15, 0.2) is 34.8 Å². The lowest BCUT2D eigenvalue weighted by Gasteiger charge is -2.11. The largest absolute Gasteiger partial charge is 0.493 e. The molecule has 0 aromatic heterocycles. The van der Waals surface area contributed by atoms with Crippen molar-refractivity contribution in [2.24, 2.45) is 0 Å². The number of rotatable bonds is 4. The molecule has 0 spiro atoms. The van der Waals surface area contributed by atoms with Crippen LogP contribution in [0.25, 0.3) is 0 Å². The smallest absolute Gasteiger partial charge is 0.130 e. The van der Waals surface area contributed by atoms with Gasteiger partial charge in [0.15, 0.2) is 0 Å². The lowest BCUT2D eigenvalue weighted by atomic mass is 10.1. The maximum Gasteiger partial charge on any atom is 0.130 e. The molecule has 1 heterocycles. The zero-order valence-corrected chi connectivity index (χ0v) is 12.8. The van der Waals surface area contributed by atoms with Crippen molar-refractivity contribution in [3.8, 4) is 5.75 Å². The molecule has 0 radical (unpaired) electrons. The van der Waals surface area contributed by atoms with E-state index in [0.29, 0.717) is 25.3 Å². The first-order chi connectivity index (χ1) is 10.1. The van der Waals surface area contributed by atoms with Gasteiger partial charge in [0, 0.05) is 41.2 Å². The third-order valence-corrected chi connectivity index (χ3v) is 3.93. The fraction of sp³-hybridized carbons (Fsp3) is 0.250. The molecule has 0 aliphatic carbocycles. The van der Waals surface area contributed by atoms with Gasteiger partial charge in [0.25, 0.3) is 0 Å². The Kier molecular flexibility index (Phi) is 4.22. The minimum atomic E-state index is -0.561. The van der Waals surface area contributed by atoms with Gasteiger partial charge in [-0.15, -0.1) is 0 Å². The van der Waals surface area contributed by atoms with Gasteiger partial charge in [-0.05, 0) is 23.8 Å². The van der Waals surface area contributed by atoms with Crippen molar-refractivity contribution in [1.82, 2.24) is 5.32 Å². The average molecular weight is 354 g/mol. The number of benzene rings is 2. The lowest BCUT2D eigenvalue weighted by molar-refractivity contribution is 0.352. The van der Waals surface area contributed by atoms with Crippen LogP contribution >= 0.6 is 15.9 Å². The maximum atomic E-state index is 13.5. The third-order valence-electron chi connectivity index (χ3n) is 3.47. The zero-order chi connectivity index (χ0) is 14.8. The van der Waals surface area contributed by atoms with Gasteiger partial charge >= 0.3 is 0 Å². The lowest BCUT2D eigenvalue weighted by Crippen LogP contribution is -2.14. The summed E-state index contributed by atoms with van der Waals surface area (Å²) in [5.74, 6) is -0.169. The summed E-state index contributed by atoms with van der Waals surface area (Å²) in [5, 5.41) is 3.17. The molecule has 5 heteroatoms. The molecule has 0 fully saturated rings. The van der Waals surface area contributed by atoms with Gasteiger partial charge in [0.2, 0.25) is 0 Å². The van der Waals surface area contributed by atoms with E-state index in [1.54, 1.807) is 0 Å². The molecule has 0 saturated carbocycles. The van der Waals surface area contributed by atoms with E-state index >= 15 is 0 Å². The van der Waals surface area contributed by atoms with Crippen molar-refractivity contribution >= 4 is 15.9 Å². The van der Waals surface area contributed by atoms with Crippen molar-refractivity contribution in [3.63, 3.8) is 0 Å². The second kappa shape index (κ2) is 6.12. The Bertz CT molecular complexity index is 676. The molecular weight excluding hydrogens is 340 g/mol. The second-order valence-corrected chi connectivity index (χ2v) is 5.91. The Hall–Kier alpha value is -1.46. The number of fused-ring (bicyclic) bond motifs is 1. The fourth-order valence-electron chi connectivity index (χ4n) is 2.47. The normalized spacial score (nSPS) is 13.1. The highest BCUT2D eigenvalue weighted by Crippen LogP contribution is 2.32. The fourth-order valence-corrected chi connectivity index (χ4v) is 3.03. The van der Waals surface area contributed by atoms with E-state index < -0.39 is 11.6 Å². The molecule has 2 nitrogen and oxygen atoms in total. The van der Waals surface area contributed by atoms with Gasteiger partial charge in [-0.2, -0.15) is 0 Å². The van der Waals surface area contributed by atoms with Crippen LogP contribution in [-0.4, -0.2) is 6.61 Å². The number of ether oxygens (including phenoxy) is 1. The van der Waals surface area contributed by atoms with Gasteiger partial charge in [-0.1, -0.05) is 22.0 Å². The van der Waals surface area contributed by atoms with Crippen LogP contribution in [0.3, 0.4) is 0 Å². The molecule has 2 aromatic rings. The Morgan fingerprint density at radius 2 is 1.90 bits per heavy atom. The summed E-state index contributed by atoms with van der Waals surface area (Å²) in [6.45, 7) is 1.61. The minimum Gasteiger partial charge on any atom is -0.493 e. The molecule has 21 heavy (non-hydrogen) atoms. The summed E-state index contributed by atoms with van der Waals surface area (Å²) in [7, 11) is 0. The quantitative estimate of drug-likeness (QED) is 0.898. The topological polar surface area (TPSA) is 21.3 Å². The highest BCUT2D eigenvalue weighted by molar-refractivity contribution is 9.10. The summed E-state index contributed by atoms with van der Waals surface area (Å²) in [6, 6.07) is 7.68. The number of halogens is 3. The first kappa shape index (κ1) is 14.5. The van der Waals surface area contributed by atoms with E-state index in [1.165, 1.54) is 17.7 Å². The maximum absolute atomic E-state index is 13.5. The Labute approximate surface area is 130 Å². The van der Waals surface area contributed by atoms with Crippen molar-refractivity contribution < 1.29 is 13.5 Å². The SMILES string of the molecule is Fc1ccc(CNCc2cc(Br)cc3c2OCC3)c(F)c1. The number of hydrogen-bond acceptors (Lipinski definition) is 2. The van der Waals surface area contributed by atoms with Crippen LogP contribution in [0.1, 0.15) is 16.7 Å². The molecule has 2 aromatic carbocycles. The first-order valence-electron chi connectivity index (χ1n) is 6.72. The predicted molar refractivity (Wildman–Crippen MR) is 80.2 cm³/mol. The van der Waals surface area contributed by atoms with E-state index in [4.69, 9.17) is 4.74 Å². The molecule has 0 atom stereocenters. The molecule has 1 aliphatic heterocycles. The van der Waals surface area contributed by atoms with Gasteiger partial charge in [0.1, 0.15) is 17.4 Å². The van der Waals surface area contributed by atoms with E-state index in [0.717, 1.165) is 28.3 Å². The van der Waals surface area contributed by atoms with Gasteiger partial charge in [0.05, 0.1) is 6.61 Å². The van der Waals surface area contributed by atoms with E-state index in [2.05, 4.69) is 27.3 Å². The van der Waals surface area contributed by atoms with E-state index in [-0.39, 0.29) is 0 Å². The Morgan fingerprint density at radius 1 is 1.10 bits per heavy atom. The van der Waals surface area contributed by atoms with Crippen LogP contribution in [0.4, 0.5) is 8.78 Å². The molecule has 0 bridgehead atoms. The highest BCUT2D eigenvalue weighted by atomic mass is 79.9. The molecule has 1 N–H and O–H groups in total. The number of hydrogen-bond donors (Lipinski definition) is 1. The van der Waals surface area contributed by atoms with Crippen molar-refractivity contribution in [2.45, 2.75) is 19.5 Å². The predicted octanol–water partition coefficient (Wildman–Crippen LogP) is 3.95. The van der Waals surface area contributed by atoms with Crippen LogP contribution in [-0.2, 0) is 19.5 Å². The number of nitrogens with one attached hydrogen (secondary N) is 1. The monoisotopic (exact) mass is 353 g/mol. The molecule has 0 unspecified atom stereocenters. The van der Waals surface area contributed by atoms with Gasteiger partial charge < -0.3 is 10.1 Å². The van der Waals surface area contributed by atoms with Crippen LogP contribution in [0.2, 0.25) is 0 Å². The zero-order valence-electron chi connectivity index (χ0n) is 11.3. The summed E-state index contributed by atoms with van der Waals surface area (Å²) in [6.07, 6.45) is 0.911. The molecule has 0 saturated heterocycles. The van der Waals surface area contributed by atoms with Gasteiger partial charge in [-0.25, -0.2) is 8.78 Å². The summed E-state index contributed by atoms with van der Waals surface area (Å²) in [5.41, 5.74) is 2.68. The molecule has 0 amide bonds. The van der Waals surface area contributed by atoms with Crippen LogP contribution < -0.4 is 10.1 Å². The Balaban J connectivity index is 1.68. The van der Waals surface area contributed by atoms with Gasteiger partial charge in [-0.3, -0.25) is 0 Å². The summed E-state index contributed by atoms with van der Waals surface area (Å²) < 4.78 is 33.0. The molecule has 1 aliphatic rings. The van der Waals surface area contributed by atoms with E-state index in [9.17, 15) is 8.78 Å². The first-order valence-corrected chi connectivity index (χ1v) is 7.51. The highest BCUT2D eigenvalue weighted by Gasteiger charge is 2.17. The van der Waals surface area contributed by atoms with Crippen LogP contribution in [0.5, 0.6) is 5.75 Å². The van der Waals surface area contributed by atoms with Crippen molar-refractivity contribution in [2.75, 3.05) is 6.61 Å². The average Bonchev–Trinajstić information content (AvgIpc) is 2.89. The Morgan fingerprint density at radius 3 is 2.71 bits per heavy atom. The standard InChI is InChI=1S/C16H14BrF2NO/c17-13-5-10-3-4-21-16(10)12(6-13)9-20-8-11-1-2-14(18)7-15(11)19/h1-2,5-7,20H,3-4,8-9H2.